The molecule has 0 aliphatic rings. The molecule has 1 aromatic heterocycles. The fourth-order valence-electron chi connectivity index (χ4n) is 0.895. The monoisotopic (exact) mass is 230 g/mol. The van der Waals surface area contributed by atoms with Crippen molar-refractivity contribution in [1.82, 2.24) is 15.2 Å². The van der Waals surface area contributed by atoms with Crippen molar-refractivity contribution in [2.45, 2.75) is 13.1 Å². The number of hydrogen-bond donors (Lipinski definition) is 2. The molecule has 0 saturated heterocycles. The first-order valence-corrected chi connectivity index (χ1v) is 4.29. The number of alkyl halides is 3. The third kappa shape index (κ3) is 3.04. The van der Waals surface area contributed by atoms with Gasteiger partial charge in [0.2, 0.25) is 5.82 Å². The van der Waals surface area contributed by atoms with Crippen LogP contribution in [0.25, 0.3) is 5.57 Å². The molecular weight excluding hydrogens is 221 g/mol. The minimum Gasteiger partial charge on any atom is -0.309 e. The van der Waals surface area contributed by atoms with Gasteiger partial charge in [0, 0.05) is 6.21 Å². The second-order valence-corrected chi connectivity index (χ2v) is 2.91. The summed E-state index contributed by atoms with van der Waals surface area (Å²) in [7, 11) is 0. The van der Waals surface area contributed by atoms with Gasteiger partial charge in [0.25, 0.3) is 0 Å². The van der Waals surface area contributed by atoms with Crippen LogP contribution in [0.2, 0.25) is 0 Å². The Bertz CT molecular complexity index is 428. The Morgan fingerprint density at radius 3 is 2.56 bits per heavy atom. The maximum absolute atomic E-state index is 12.2. The maximum atomic E-state index is 12.2. The number of nitrogens with zero attached hydrogens (tertiary/aromatic N) is 2. The summed E-state index contributed by atoms with van der Waals surface area (Å²) in [6.45, 7) is 1.58. The summed E-state index contributed by atoms with van der Waals surface area (Å²) in [4.78, 5) is 3.31. The van der Waals surface area contributed by atoms with Crippen LogP contribution in [-0.4, -0.2) is 21.4 Å². The lowest BCUT2D eigenvalue weighted by Crippen LogP contribution is -2.07. The molecule has 1 rings (SSSR count). The predicted octanol–water partition coefficient (Wildman–Crippen LogP) is 2.43. The van der Waals surface area contributed by atoms with Crippen LogP contribution in [0.1, 0.15) is 18.6 Å². The van der Waals surface area contributed by atoms with Crippen LogP contribution in [0.4, 0.5) is 13.2 Å². The van der Waals surface area contributed by atoms with E-state index in [2.05, 4.69) is 10.1 Å². The van der Waals surface area contributed by atoms with Gasteiger partial charge in [0.1, 0.15) is 0 Å². The Morgan fingerprint density at radius 1 is 1.38 bits per heavy atom. The van der Waals surface area contributed by atoms with E-state index >= 15 is 0 Å². The Hall–Kier alpha value is -1.92. The van der Waals surface area contributed by atoms with Gasteiger partial charge in [-0.25, -0.2) is 4.98 Å². The van der Waals surface area contributed by atoms with E-state index in [1.165, 1.54) is 18.2 Å². The van der Waals surface area contributed by atoms with Crippen molar-refractivity contribution in [3.8, 4) is 0 Å². The minimum atomic E-state index is -4.52. The molecule has 0 unspecified atom stereocenters. The quantitative estimate of drug-likeness (QED) is 0.618. The number of aromatic nitrogens is 3. The fourth-order valence-corrected chi connectivity index (χ4v) is 0.895. The molecule has 4 nitrogen and oxygen atoms in total. The number of hydrogen-bond acceptors (Lipinski definition) is 3. The largest absolute Gasteiger partial charge is 0.451 e. The first-order chi connectivity index (χ1) is 7.45. The van der Waals surface area contributed by atoms with E-state index in [0.717, 1.165) is 6.21 Å². The first-order valence-electron chi connectivity index (χ1n) is 4.29. The molecule has 0 saturated carbocycles. The zero-order valence-corrected chi connectivity index (χ0v) is 8.34. The zero-order valence-electron chi connectivity index (χ0n) is 8.34. The minimum absolute atomic E-state index is 0.0121. The molecule has 7 heteroatoms. The molecular formula is C9H9F3N4. The molecule has 0 aliphatic carbocycles. The molecule has 1 aromatic rings. The van der Waals surface area contributed by atoms with Gasteiger partial charge >= 0.3 is 6.18 Å². The van der Waals surface area contributed by atoms with E-state index in [4.69, 9.17) is 5.41 Å². The van der Waals surface area contributed by atoms with E-state index in [0.29, 0.717) is 5.57 Å². The van der Waals surface area contributed by atoms with Crippen LogP contribution in [0, 0.1) is 5.41 Å². The molecule has 0 spiro atoms. The second-order valence-electron chi connectivity index (χ2n) is 2.91. The molecule has 16 heavy (non-hydrogen) atoms. The molecule has 1 heterocycles. The zero-order chi connectivity index (χ0) is 12.2. The molecule has 86 valence electrons. The number of allylic oxidation sites excluding steroid dienone is 4. The van der Waals surface area contributed by atoms with E-state index in [9.17, 15) is 13.2 Å². The Morgan fingerprint density at radius 2 is 2.06 bits per heavy atom. The summed E-state index contributed by atoms with van der Waals surface area (Å²) in [6, 6.07) is 0. The highest BCUT2D eigenvalue weighted by Crippen LogP contribution is 2.26. The van der Waals surface area contributed by atoms with Gasteiger partial charge in [0.05, 0.1) is 0 Å². The number of aromatic amines is 1. The van der Waals surface area contributed by atoms with Gasteiger partial charge < -0.3 is 5.41 Å². The topological polar surface area (TPSA) is 65.4 Å². The number of rotatable bonds is 3. The smallest absolute Gasteiger partial charge is 0.309 e. The number of H-pyrrole nitrogens is 1. The molecule has 0 atom stereocenters. The summed E-state index contributed by atoms with van der Waals surface area (Å²) >= 11 is 0. The highest BCUT2D eigenvalue weighted by molar-refractivity contribution is 5.69. The lowest BCUT2D eigenvalue weighted by molar-refractivity contribution is -0.144. The van der Waals surface area contributed by atoms with Crippen LogP contribution in [0.5, 0.6) is 0 Å². The van der Waals surface area contributed by atoms with Crippen molar-refractivity contribution < 1.29 is 13.2 Å². The van der Waals surface area contributed by atoms with Crippen LogP contribution >= 0.6 is 0 Å². The predicted molar refractivity (Wildman–Crippen MR) is 53.0 cm³/mol. The molecule has 0 aliphatic heterocycles. The van der Waals surface area contributed by atoms with Crippen molar-refractivity contribution in [3.63, 3.8) is 0 Å². The van der Waals surface area contributed by atoms with E-state index in [1.807, 2.05) is 5.10 Å². The third-order valence-electron chi connectivity index (χ3n) is 1.66. The molecule has 0 bridgehead atoms. The van der Waals surface area contributed by atoms with Gasteiger partial charge in [-0.1, -0.05) is 12.2 Å². The Kier molecular flexibility index (Phi) is 3.60. The summed E-state index contributed by atoms with van der Waals surface area (Å²) in [5.74, 6) is -1.13. The van der Waals surface area contributed by atoms with Gasteiger partial charge in [-0.05, 0) is 18.6 Å². The fraction of sp³-hybridized carbons (Fsp3) is 0.222. The average Bonchev–Trinajstić information content (AvgIpc) is 2.66. The molecule has 0 fully saturated rings. The second kappa shape index (κ2) is 4.73. The van der Waals surface area contributed by atoms with E-state index in [-0.39, 0.29) is 5.82 Å². The van der Waals surface area contributed by atoms with E-state index in [1.54, 1.807) is 6.92 Å². The summed E-state index contributed by atoms with van der Waals surface area (Å²) in [5.41, 5.74) is 0.477. The van der Waals surface area contributed by atoms with Gasteiger partial charge in [-0.3, -0.25) is 5.10 Å². The van der Waals surface area contributed by atoms with E-state index < -0.39 is 12.0 Å². The maximum Gasteiger partial charge on any atom is 0.451 e. The molecule has 0 amide bonds. The summed E-state index contributed by atoms with van der Waals surface area (Å²) in [6.07, 6.45) is 1.01. The first kappa shape index (κ1) is 12.2. The summed E-state index contributed by atoms with van der Waals surface area (Å²) < 4.78 is 36.5. The standard InChI is InChI=1S/C9H9F3N4/c1-6(4-2-3-5-13)7-14-8(16-15-7)9(10,11)12/h2-5,13H,1H3,(H,14,15,16)/b3-2-,6-4+,13-5?. The lowest BCUT2D eigenvalue weighted by Gasteiger charge is -1.98. The normalized spacial score (nSPS) is 13.4. The summed E-state index contributed by atoms with van der Waals surface area (Å²) in [5, 5.41) is 12.0. The lowest BCUT2D eigenvalue weighted by atomic mass is 10.2. The third-order valence-corrected chi connectivity index (χ3v) is 1.66. The van der Waals surface area contributed by atoms with Crippen LogP contribution in [-0.2, 0) is 6.18 Å². The van der Waals surface area contributed by atoms with Gasteiger partial charge in [0.15, 0.2) is 5.82 Å². The van der Waals surface area contributed by atoms with Crippen molar-refractivity contribution >= 4 is 11.8 Å². The van der Waals surface area contributed by atoms with Crippen LogP contribution in [0.3, 0.4) is 0 Å². The molecule has 2 N–H and O–H groups in total. The highest BCUT2D eigenvalue weighted by atomic mass is 19.4. The molecule has 0 aromatic carbocycles. The Labute approximate surface area is 89.4 Å². The van der Waals surface area contributed by atoms with Crippen molar-refractivity contribution in [2.24, 2.45) is 0 Å². The van der Waals surface area contributed by atoms with Crippen LogP contribution in [0.15, 0.2) is 18.2 Å². The van der Waals surface area contributed by atoms with Crippen molar-refractivity contribution in [2.75, 3.05) is 0 Å². The molecule has 0 radical (unpaired) electrons. The van der Waals surface area contributed by atoms with Gasteiger partial charge in [-0.15, -0.1) is 0 Å². The van der Waals surface area contributed by atoms with Crippen LogP contribution < -0.4 is 0 Å². The van der Waals surface area contributed by atoms with Crippen molar-refractivity contribution in [3.05, 3.63) is 29.9 Å². The SMILES string of the molecule is C/C(=C\C=C/C=N)c1n[nH]c(C(F)(F)F)n1. The average molecular weight is 230 g/mol. The highest BCUT2D eigenvalue weighted by Gasteiger charge is 2.35. The number of halogens is 3. The van der Waals surface area contributed by atoms with Crippen molar-refractivity contribution in [1.29, 1.82) is 5.41 Å². The Balaban J connectivity index is 2.90. The van der Waals surface area contributed by atoms with Gasteiger partial charge in [-0.2, -0.15) is 18.3 Å². The number of nitrogens with one attached hydrogen (secondary N) is 2.